The molecule has 1 N–H and O–H groups in total. The van der Waals surface area contributed by atoms with Gasteiger partial charge in [0.05, 0.1) is 12.5 Å². The summed E-state index contributed by atoms with van der Waals surface area (Å²) in [7, 11) is 1.83. The van der Waals surface area contributed by atoms with Gasteiger partial charge in [-0.05, 0) is 14.0 Å². The molecule has 0 amide bonds. The molecule has 1 aromatic carbocycles. The van der Waals surface area contributed by atoms with Crippen molar-refractivity contribution >= 4 is 5.97 Å². The van der Waals surface area contributed by atoms with Crippen LogP contribution >= 0.6 is 0 Å². The largest absolute Gasteiger partial charge is 0.481 e. The van der Waals surface area contributed by atoms with Crippen LogP contribution in [-0.4, -0.2) is 39.7 Å². The third kappa shape index (κ3) is 4.13. The average Bonchev–Trinajstić information content (AvgIpc) is 2.87. The first-order valence-corrected chi connectivity index (χ1v) is 6.76. The highest BCUT2D eigenvalue weighted by Gasteiger charge is 2.16. The molecule has 6 nitrogen and oxygen atoms in total. The van der Waals surface area contributed by atoms with Crippen LogP contribution in [0.25, 0.3) is 11.4 Å². The van der Waals surface area contributed by atoms with Gasteiger partial charge in [0.1, 0.15) is 0 Å². The van der Waals surface area contributed by atoms with Crippen LogP contribution in [0.15, 0.2) is 28.8 Å². The first-order valence-electron chi connectivity index (χ1n) is 6.76. The third-order valence-electron chi connectivity index (χ3n) is 3.19. The minimum Gasteiger partial charge on any atom is -0.481 e. The predicted molar refractivity (Wildman–Crippen MR) is 77.6 cm³/mol. The number of hydrogen-bond acceptors (Lipinski definition) is 5. The molecule has 0 bridgehead atoms. The maximum absolute atomic E-state index is 10.8. The van der Waals surface area contributed by atoms with Crippen molar-refractivity contribution in [3.8, 4) is 11.4 Å². The van der Waals surface area contributed by atoms with Crippen molar-refractivity contribution in [3.05, 3.63) is 35.7 Å². The fourth-order valence-electron chi connectivity index (χ4n) is 1.98. The van der Waals surface area contributed by atoms with E-state index in [4.69, 9.17) is 9.63 Å². The number of carboxylic acids is 1. The zero-order valence-corrected chi connectivity index (χ0v) is 12.4. The molecule has 1 heterocycles. The SMILES string of the molecule is Cc1ccc(-c2noc(CN(C)CC(C)C(=O)O)n2)cc1. The number of carbonyl (C=O) groups is 1. The first-order chi connectivity index (χ1) is 9.95. The Hall–Kier alpha value is -2.21. The van der Waals surface area contributed by atoms with Crippen LogP contribution < -0.4 is 0 Å². The molecule has 0 fully saturated rings. The molecule has 2 rings (SSSR count). The number of hydrogen-bond donors (Lipinski definition) is 1. The third-order valence-corrected chi connectivity index (χ3v) is 3.19. The molecule has 0 saturated carbocycles. The second-order valence-electron chi connectivity index (χ2n) is 5.31. The molecule has 21 heavy (non-hydrogen) atoms. The highest BCUT2D eigenvalue weighted by atomic mass is 16.5. The summed E-state index contributed by atoms with van der Waals surface area (Å²) in [6.45, 7) is 4.54. The van der Waals surface area contributed by atoms with Crippen molar-refractivity contribution in [3.63, 3.8) is 0 Å². The molecular weight excluding hydrogens is 270 g/mol. The molecule has 0 aliphatic heterocycles. The summed E-state index contributed by atoms with van der Waals surface area (Å²) >= 11 is 0. The first kappa shape index (κ1) is 15.2. The molecule has 0 spiro atoms. The Morgan fingerprint density at radius 3 is 2.67 bits per heavy atom. The molecule has 0 aliphatic carbocycles. The minimum atomic E-state index is -0.812. The van der Waals surface area contributed by atoms with Gasteiger partial charge in [-0.1, -0.05) is 41.9 Å². The van der Waals surface area contributed by atoms with E-state index in [1.54, 1.807) is 6.92 Å². The number of rotatable bonds is 6. The Kier molecular flexibility index (Phi) is 4.70. The van der Waals surface area contributed by atoms with Crippen LogP contribution in [0.4, 0.5) is 0 Å². The van der Waals surface area contributed by atoms with Crippen molar-refractivity contribution in [2.24, 2.45) is 5.92 Å². The molecule has 1 unspecified atom stereocenters. The second-order valence-corrected chi connectivity index (χ2v) is 5.31. The number of benzene rings is 1. The molecule has 0 radical (unpaired) electrons. The van der Waals surface area contributed by atoms with Gasteiger partial charge >= 0.3 is 5.97 Å². The molecule has 1 atom stereocenters. The number of nitrogens with zero attached hydrogens (tertiary/aromatic N) is 3. The van der Waals surface area contributed by atoms with Gasteiger partial charge in [0, 0.05) is 12.1 Å². The summed E-state index contributed by atoms with van der Waals surface area (Å²) in [4.78, 5) is 17.0. The molecular formula is C15H19N3O3. The smallest absolute Gasteiger partial charge is 0.307 e. The lowest BCUT2D eigenvalue weighted by atomic mass is 10.1. The molecule has 0 saturated heterocycles. The highest BCUT2D eigenvalue weighted by Crippen LogP contribution is 2.16. The monoisotopic (exact) mass is 289 g/mol. The number of carboxylic acid groups (broad SMARTS) is 1. The zero-order chi connectivity index (χ0) is 15.4. The Bertz CT molecular complexity index is 607. The number of aromatic nitrogens is 2. The van der Waals surface area contributed by atoms with Crippen molar-refractivity contribution in [2.45, 2.75) is 20.4 Å². The summed E-state index contributed by atoms with van der Waals surface area (Å²) in [5.74, 6) is -0.224. The van der Waals surface area contributed by atoms with Gasteiger partial charge < -0.3 is 9.63 Å². The van der Waals surface area contributed by atoms with E-state index in [-0.39, 0.29) is 0 Å². The van der Waals surface area contributed by atoms with Crippen molar-refractivity contribution in [2.75, 3.05) is 13.6 Å². The van der Waals surface area contributed by atoms with Crippen LogP contribution in [0.5, 0.6) is 0 Å². The summed E-state index contributed by atoms with van der Waals surface area (Å²) in [6, 6.07) is 7.87. The van der Waals surface area contributed by atoms with Crippen LogP contribution in [0.3, 0.4) is 0 Å². The minimum absolute atomic E-state index is 0.427. The Labute approximate surface area is 123 Å². The van der Waals surface area contributed by atoms with Crippen LogP contribution in [0.2, 0.25) is 0 Å². The van der Waals surface area contributed by atoms with Gasteiger partial charge in [-0.3, -0.25) is 9.69 Å². The van der Waals surface area contributed by atoms with Crippen molar-refractivity contribution in [1.82, 2.24) is 15.0 Å². The van der Waals surface area contributed by atoms with E-state index < -0.39 is 11.9 Å². The Balaban J connectivity index is 2.00. The van der Waals surface area contributed by atoms with Crippen molar-refractivity contribution in [1.29, 1.82) is 0 Å². The van der Waals surface area contributed by atoms with E-state index in [0.717, 1.165) is 5.56 Å². The van der Waals surface area contributed by atoms with E-state index in [1.165, 1.54) is 5.56 Å². The molecule has 1 aromatic heterocycles. The summed E-state index contributed by atoms with van der Waals surface area (Å²) in [5.41, 5.74) is 2.07. The molecule has 0 aliphatic rings. The lowest BCUT2D eigenvalue weighted by Gasteiger charge is -2.16. The maximum Gasteiger partial charge on any atom is 0.307 e. The quantitative estimate of drug-likeness (QED) is 0.878. The Morgan fingerprint density at radius 2 is 2.05 bits per heavy atom. The standard InChI is InChI=1S/C15H19N3O3/c1-10-4-6-12(7-5-10)14-16-13(21-17-14)9-18(3)8-11(2)15(19)20/h4-7,11H,8-9H2,1-3H3,(H,19,20). The fourth-order valence-corrected chi connectivity index (χ4v) is 1.98. The molecule has 112 valence electrons. The normalized spacial score (nSPS) is 12.6. The van der Waals surface area contributed by atoms with Gasteiger partial charge in [-0.15, -0.1) is 0 Å². The second kappa shape index (κ2) is 6.49. The van der Waals surface area contributed by atoms with Crippen molar-refractivity contribution < 1.29 is 14.4 Å². The van der Waals surface area contributed by atoms with Gasteiger partial charge in [0.25, 0.3) is 0 Å². The maximum atomic E-state index is 10.8. The summed E-state index contributed by atoms with van der Waals surface area (Å²) in [6.07, 6.45) is 0. The van der Waals surface area contributed by atoms with Crippen LogP contribution in [-0.2, 0) is 11.3 Å². The topological polar surface area (TPSA) is 79.5 Å². The van der Waals surface area contributed by atoms with E-state index >= 15 is 0 Å². The van der Waals surface area contributed by atoms with E-state index in [9.17, 15) is 4.79 Å². The number of aryl methyl sites for hydroxylation is 1. The summed E-state index contributed by atoms with van der Waals surface area (Å²) < 4.78 is 5.21. The van der Waals surface area contributed by atoms with Crippen LogP contribution in [0, 0.1) is 12.8 Å². The van der Waals surface area contributed by atoms with E-state index in [2.05, 4.69) is 10.1 Å². The zero-order valence-electron chi connectivity index (χ0n) is 12.4. The number of aliphatic carboxylic acids is 1. The van der Waals surface area contributed by atoms with E-state index in [1.807, 2.05) is 43.1 Å². The fraction of sp³-hybridized carbons (Fsp3) is 0.400. The summed E-state index contributed by atoms with van der Waals surface area (Å²) in [5, 5.41) is 12.8. The van der Waals surface area contributed by atoms with Gasteiger partial charge in [0.2, 0.25) is 11.7 Å². The van der Waals surface area contributed by atoms with E-state index in [0.29, 0.717) is 24.8 Å². The van der Waals surface area contributed by atoms with Crippen LogP contribution in [0.1, 0.15) is 18.4 Å². The van der Waals surface area contributed by atoms with Gasteiger partial charge in [0.15, 0.2) is 0 Å². The molecule has 6 heteroatoms. The predicted octanol–water partition coefficient (Wildman–Crippen LogP) is 2.20. The van der Waals surface area contributed by atoms with Gasteiger partial charge in [-0.25, -0.2) is 0 Å². The average molecular weight is 289 g/mol. The lowest BCUT2D eigenvalue weighted by Crippen LogP contribution is -2.28. The molecule has 2 aromatic rings. The lowest BCUT2D eigenvalue weighted by molar-refractivity contribution is -0.141. The Morgan fingerprint density at radius 1 is 1.38 bits per heavy atom. The van der Waals surface area contributed by atoms with Gasteiger partial charge in [-0.2, -0.15) is 4.98 Å². The highest BCUT2D eigenvalue weighted by molar-refractivity contribution is 5.69.